The van der Waals surface area contributed by atoms with Crippen LogP contribution in [0.1, 0.15) is 42.4 Å². The standard InChI is InChI=1S/C26H31N7O/c34-23-22(11-4-5-15-27-23)30-26-32-24(28-16-14-18-7-2-1-3-8-18)31-25(33-26)29-21-13-12-19-9-6-10-20(19)17-21/h1-3,7-8,12-13,17,22H,4-6,9-11,14-16H2,(H,27,34)(H3,28,29,30,31,32,33). The average molecular weight is 458 g/mol. The van der Waals surface area contributed by atoms with Gasteiger partial charge < -0.3 is 21.3 Å². The van der Waals surface area contributed by atoms with E-state index in [1.807, 2.05) is 18.2 Å². The molecule has 2 heterocycles. The summed E-state index contributed by atoms with van der Waals surface area (Å²) in [7, 11) is 0. The van der Waals surface area contributed by atoms with Crippen molar-refractivity contribution in [3.8, 4) is 0 Å². The SMILES string of the molecule is O=C1NCCCCC1Nc1nc(NCCc2ccccc2)nc(Nc2ccc3c(c2)CCC3)n1. The van der Waals surface area contributed by atoms with Gasteiger partial charge >= 0.3 is 0 Å². The molecule has 176 valence electrons. The number of amides is 1. The van der Waals surface area contributed by atoms with Crippen molar-refractivity contribution in [1.29, 1.82) is 0 Å². The van der Waals surface area contributed by atoms with Crippen LogP contribution in [0.25, 0.3) is 0 Å². The summed E-state index contributed by atoms with van der Waals surface area (Å²) in [5.41, 5.74) is 5.01. The first-order valence-corrected chi connectivity index (χ1v) is 12.2. The third-order valence-electron chi connectivity index (χ3n) is 6.37. The summed E-state index contributed by atoms with van der Waals surface area (Å²) >= 11 is 0. The van der Waals surface area contributed by atoms with Gasteiger partial charge in [-0.15, -0.1) is 0 Å². The summed E-state index contributed by atoms with van der Waals surface area (Å²) in [4.78, 5) is 26.2. The number of hydrogen-bond acceptors (Lipinski definition) is 7. The number of aryl methyl sites for hydroxylation is 2. The lowest BCUT2D eigenvalue weighted by Gasteiger charge is -2.17. The first-order valence-electron chi connectivity index (χ1n) is 12.2. The molecule has 1 saturated heterocycles. The molecule has 8 nitrogen and oxygen atoms in total. The molecule has 2 aromatic carbocycles. The number of carbonyl (C=O) groups is 1. The van der Waals surface area contributed by atoms with Crippen LogP contribution in [-0.4, -0.2) is 40.0 Å². The maximum Gasteiger partial charge on any atom is 0.242 e. The molecule has 1 aromatic heterocycles. The van der Waals surface area contributed by atoms with Crippen molar-refractivity contribution in [1.82, 2.24) is 20.3 Å². The molecule has 1 aliphatic carbocycles. The van der Waals surface area contributed by atoms with Crippen molar-refractivity contribution in [2.75, 3.05) is 29.0 Å². The molecule has 8 heteroatoms. The summed E-state index contributed by atoms with van der Waals surface area (Å²) < 4.78 is 0. The smallest absolute Gasteiger partial charge is 0.242 e. The zero-order valence-corrected chi connectivity index (χ0v) is 19.3. The molecule has 0 radical (unpaired) electrons. The molecule has 4 N–H and O–H groups in total. The molecule has 0 saturated carbocycles. The highest BCUT2D eigenvalue weighted by Gasteiger charge is 2.22. The van der Waals surface area contributed by atoms with E-state index in [-0.39, 0.29) is 11.9 Å². The minimum absolute atomic E-state index is 0.00960. The predicted molar refractivity (Wildman–Crippen MR) is 134 cm³/mol. The highest BCUT2D eigenvalue weighted by molar-refractivity contribution is 5.84. The molecule has 1 unspecified atom stereocenters. The second-order valence-corrected chi connectivity index (χ2v) is 8.91. The number of nitrogens with one attached hydrogen (secondary N) is 4. The molecule has 1 atom stereocenters. The number of hydrogen-bond donors (Lipinski definition) is 4. The van der Waals surface area contributed by atoms with Crippen LogP contribution in [-0.2, 0) is 24.1 Å². The summed E-state index contributed by atoms with van der Waals surface area (Å²) in [6.07, 6.45) is 7.03. The maximum atomic E-state index is 12.4. The van der Waals surface area contributed by atoms with E-state index in [1.165, 1.54) is 23.1 Å². The molecule has 1 fully saturated rings. The van der Waals surface area contributed by atoms with Gasteiger partial charge in [0.1, 0.15) is 6.04 Å². The topological polar surface area (TPSA) is 104 Å². The molecule has 0 bridgehead atoms. The van der Waals surface area contributed by atoms with E-state index in [2.05, 4.69) is 66.6 Å². The lowest BCUT2D eigenvalue weighted by molar-refractivity contribution is -0.121. The van der Waals surface area contributed by atoms with E-state index in [4.69, 9.17) is 0 Å². The van der Waals surface area contributed by atoms with Gasteiger partial charge in [-0.1, -0.05) is 36.4 Å². The Hall–Kier alpha value is -3.68. The van der Waals surface area contributed by atoms with Gasteiger partial charge in [-0.3, -0.25) is 4.79 Å². The third-order valence-corrected chi connectivity index (χ3v) is 6.37. The van der Waals surface area contributed by atoms with Gasteiger partial charge in [0.05, 0.1) is 0 Å². The fourth-order valence-electron chi connectivity index (χ4n) is 4.55. The minimum Gasteiger partial charge on any atom is -0.354 e. The van der Waals surface area contributed by atoms with Crippen LogP contribution in [0, 0.1) is 0 Å². The van der Waals surface area contributed by atoms with E-state index >= 15 is 0 Å². The lowest BCUT2D eigenvalue weighted by Crippen LogP contribution is -2.38. The quantitative estimate of drug-likeness (QED) is 0.407. The second kappa shape index (κ2) is 10.5. The van der Waals surface area contributed by atoms with Gasteiger partial charge in [0.25, 0.3) is 0 Å². The van der Waals surface area contributed by atoms with Gasteiger partial charge in [-0.2, -0.15) is 15.0 Å². The predicted octanol–water partition coefficient (Wildman–Crippen LogP) is 3.84. The van der Waals surface area contributed by atoms with Crippen LogP contribution in [0.5, 0.6) is 0 Å². The van der Waals surface area contributed by atoms with Crippen LogP contribution in [0.2, 0.25) is 0 Å². The lowest BCUT2D eigenvalue weighted by atomic mass is 10.1. The van der Waals surface area contributed by atoms with Crippen molar-refractivity contribution in [3.05, 3.63) is 65.2 Å². The molecule has 3 aromatic rings. The van der Waals surface area contributed by atoms with Gasteiger partial charge in [-0.25, -0.2) is 0 Å². The van der Waals surface area contributed by atoms with E-state index in [1.54, 1.807) is 0 Å². The molecule has 5 rings (SSSR count). The Morgan fingerprint density at radius 1 is 0.882 bits per heavy atom. The maximum absolute atomic E-state index is 12.4. The van der Waals surface area contributed by atoms with Gasteiger partial charge in [0.15, 0.2) is 0 Å². The number of benzene rings is 2. The molecule has 0 spiro atoms. The number of anilines is 4. The highest BCUT2D eigenvalue weighted by atomic mass is 16.2. The average Bonchev–Trinajstić information content (AvgIpc) is 3.22. The summed E-state index contributed by atoms with van der Waals surface area (Å²) in [6.45, 7) is 1.40. The summed E-state index contributed by atoms with van der Waals surface area (Å²) in [5.74, 6) is 1.31. The van der Waals surface area contributed by atoms with Gasteiger partial charge in [-0.05, 0) is 73.8 Å². The number of rotatable bonds is 8. The first-order chi connectivity index (χ1) is 16.7. The number of fused-ring (bicyclic) bond motifs is 1. The van der Waals surface area contributed by atoms with E-state index in [9.17, 15) is 4.79 Å². The zero-order chi connectivity index (χ0) is 23.2. The molecule has 34 heavy (non-hydrogen) atoms. The van der Waals surface area contributed by atoms with Crippen molar-refractivity contribution < 1.29 is 4.79 Å². The van der Waals surface area contributed by atoms with Crippen LogP contribution in [0.15, 0.2) is 48.5 Å². The van der Waals surface area contributed by atoms with Crippen LogP contribution >= 0.6 is 0 Å². The molecular formula is C26H31N7O. The molecular weight excluding hydrogens is 426 g/mol. The summed E-state index contributed by atoms with van der Waals surface area (Å²) in [5, 5.41) is 12.8. The van der Waals surface area contributed by atoms with Crippen molar-refractivity contribution in [2.24, 2.45) is 0 Å². The normalized spacial score (nSPS) is 17.4. The van der Waals surface area contributed by atoms with E-state index in [0.29, 0.717) is 30.9 Å². The Labute approximate surface area is 200 Å². The minimum atomic E-state index is -0.352. The Balaban J connectivity index is 1.34. The largest absolute Gasteiger partial charge is 0.354 e. The van der Waals surface area contributed by atoms with E-state index in [0.717, 1.165) is 44.2 Å². The highest BCUT2D eigenvalue weighted by Crippen LogP contribution is 2.26. The molecule has 1 amide bonds. The van der Waals surface area contributed by atoms with Crippen molar-refractivity contribution in [3.63, 3.8) is 0 Å². The third kappa shape index (κ3) is 5.62. The number of nitrogens with zero attached hydrogens (tertiary/aromatic N) is 3. The van der Waals surface area contributed by atoms with Crippen molar-refractivity contribution >= 4 is 29.4 Å². The fraction of sp³-hybridized carbons (Fsp3) is 0.385. The van der Waals surface area contributed by atoms with Crippen molar-refractivity contribution in [2.45, 2.75) is 51.0 Å². The zero-order valence-electron chi connectivity index (χ0n) is 19.3. The Morgan fingerprint density at radius 3 is 2.62 bits per heavy atom. The fourth-order valence-corrected chi connectivity index (χ4v) is 4.55. The number of carbonyl (C=O) groups excluding carboxylic acids is 1. The molecule has 2 aliphatic rings. The van der Waals surface area contributed by atoms with Gasteiger partial charge in [0, 0.05) is 18.8 Å². The number of aromatic nitrogens is 3. The Kier molecular flexibility index (Phi) is 6.84. The second-order valence-electron chi connectivity index (χ2n) is 8.91. The monoisotopic (exact) mass is 457 g/mol. The van der Waals surface area contributed by atoms with Crippen LogP contribution in [0.4, 0.5) is 23.5 Å². The van der Waals surface area contributed by atoms with Gasteiger partial charge in [0.2, 0.25) is 23.8 Å². The van der Waals surface area contributed by atoms with Crippen LogP contribution in [0.3, 0.4) is 0 Å². The summed E-state index contributed by atoms with van der Waals surface area (Å²) in [6, 6.07) is 16.4. The van der Waals surface area contributed by atoms with E-state index < -0.39 is 0 Å². The van der Waals surface area contributed by atoms with Crippen LogP contribution < -0.4 is 21.3 Å². The first kappa shape index (κ1) is 22.1. The molecule has 1 aliphatic heterocycles. The Bertz CT molecular complexity index is 1140. The Morgan fingerprint density at radius 2 is 1.71 bits per heavy atom.